The van der Waals surface area contributed by atoms with Crippen LogP contribution in [0.15, 0.2) is 18.2 Å². The van der Waals surface area contributed by atoms with Gasteiger partial charge in [0.05, 0.1) is 0 Å². The number of carbonyl (C=O) groups is 1. The number of carbonyl (C=O) groups excluding carboxylic acids is 1. The number of hydrogen-bond acceptors (Lipinski definition) is 4. The molecule has 2 heterocycles. The molecule has 0 radical (unpaired) electrons. The van der Waals surface area contributed by atoms with Crippen LogP contribution in [0.4, 0.5) is 0 Å². The Balaban J connectivity index is 1.55. The van der Waals surface area contributed by atoms with E-state index >= 15 is 0 Å². The maximum atomic E-state index is 12.3. The molecule has 6 nitrogen and oxygen atoms in total. The second-order valence-corrected chi connectivity index (χ2v) is 6.30. The fourth-order valence-corrected chi connectivity index (χ4v) is 2.92. The van der Waals surface area contributed by atoms with Crippen LogP contribution in [0, 0.1) is 5.92 Å². The molecule has 1 aromatic carbocycles. The van der Waals surface area contributed by atoms with Crippen LogP contribution in [0.25, 0.3) is 11.0 Å². The summed E-state index contributed by atoms with van der Waals surface area (Å²) in [6.45, 7) is 7.41. The van der Waals surface area contributed by atoms with Crippen LogP contribution < -0.4 is 5.32 Å². The van der Waals surface area contributed by atoms with E-state index in [2.05, 4.69) is 39.5 Å². The van der Waals surface area contributed by atoms with E-state index in [-0.39, 0.29) is 5.91 Å². The molecule has 1 fully saturated rings. The minimum Gasteiger partial charge on any atom is -0.350 e. The van der Waals surface area contributed by atoms with Crippen LogP contribution in [0.1, 0.15) is 37.0 Å². The molecule has 0 saturated carbocycles. The molecule has 0 spiro atoms. The number of aromatic amines is 1. The van der Waals surface area contributed by atoms with E-state index in [4.69, 9.17) is 0 Å². The average Bonchev–Trinajstić information content (AvgIpc) is 3.00. The molecular formula is C16H23N5O. The highest BCUT2D eigenvalue weighted by Gasteiger charge is 2.20. The zero-order valence-electron chi connectivity index (χ0n) is 13.2. The van der Waals surface area contributed by atoms with Crippen LogP contribution >= 0.6 is 0 Å². The molecule has 1 aliphatic heterocycles. The quantitative estimate of drug-likeness (QED) is 0.903. The van der Waals surface area contributed by atoms with E-state index in [1.807, 2.05) is 6.07 Å². The first kappa shape index (κ1) is 15.0. The van der Waals surface area contributed by atoms with Crippen LogP contribution in [-0.2, 0) is 0 Å². The predicted octanol–water partition coefficient (Wildman–Crippen LogP) is 1.81. The highest BCUT2D eigenvalue weighted by atomic mass is 16.1. The third-order valence-corrected chi connectivity index (χ3v) is 4.58. The summed E-state index contributed by atoms with van der Waals surface area (Å²) < 4.78 is 0. The van der Waals surface area contributed by atoms with Gasteiger partial charge in [-0.2, -0.15) is 15.4 Å². The van der Waals surface area contributed by atoms with Crippen molar-refractivity contribution in [1.82, 2.24) is 25.6 Å². The number of benzene rings is 1. The largest absolute Gasteiger partial charge is 0.350 e. The van der Waals surface area contributed by atoms with Gasteiger partial charge in [0, 0.05) is 18.2 Å². The molecule has 3 rings (SSSR count). The summed E-state index contributed by atoms with van der Waals surface area (Å²) >= 11 is 0. The topological polar surface area (TPSA) is 73.9 Å². The maximum Gasteiger partial charge on any atom is 0.251 e. The number of nitrogens with one attached hydrogen (secondary N) is 2. The zero-order chi connectivity index (χ0) is 15.5. The minimum atomic E-state index is -0.0536. The monoisotopic (exact) mass is 301 g/mol. The number of piperidine rings is 1. The number of aromatic nitrogens is 3. The summed E-state index contributed by atoms with van der Waals surface area (Å²) in [4.78, 5) is 14.7. The van der Waals surface area contributed by atoms with Gasteiger partial charge in [0.2, 0.25) is 0 Å². The van der Waals surface area contributed by atoms with Crippen molar-refractivity contribution in [3.05, 3.63) is 23.8 Å². The highest BCUT2D eigenvalue weighted by Crippen LogP contribution is 2.17. The number of H-pyrrole nitrogens is 1. The number of likely N-dealkylation sites (tertiary alicyclic amines) is 1. The van der Waals surface area contributed by atoms with E-state index in [0.29, 0.717) is 23.7 Å². The molecule has 22 heavy (non-hydrogen) atoms. The molecule has 0 aliphatic carbocycles. The predicted molar refractivity (Wildman–Crippen MR) is 85.7 cm³/mol. The molecular weight excluding hydrogens is 278 g/mol. The van der Waals surface area contributed by atoms with E-state index in [0.717, 1.165) is 24.5 Å². The fraction of sp³-hybridized carbons (Fsp3) is 0.562. The highest BCUT2D eigenvalue weighted by molar-refractivity contribution is 5.97. The molecule has 0 bridgehead atoms. The Hall–Kier alpha value is -1.95. The lowest BCUT2D eigenvalue weighted by molar-refractivity contribution is 0.0922. The Morgan fingerprint density at radius 3 is 2.86 bits per heavy atom. The number of amides is 1. The molecule has 1 saturated heterocycles. The van der Waals surface area contributed by atoms with Crippen molar-refractivity contribution in [1.29, 1.82) is 0 Å². The van der Waals surface area contributed by atoms with Gasteiger partial charge in [-0.15, -0.1) is 0 Å². The summed E-state index contributed by atoms with van der Waals surface area (Å²) in [6, 6.07) is 5.73. The van der Waals surface area contributed by atoms with Crippen molar-refractivity contribution in [2.75, 3.05) is 19.6 Å². The van der Waals surface area contributed by atoms with E-state index in [1.54, 1.807) is 12.1 Å². The van der Waals surface area contributed by atoms with Crippen molar-refractivity contribution < 1.29 is 4.79 Å². The van der Waals surface area contributed by atoms with Crippen molar-refractivity contribution in [2.45, 2.75) is 32.7 Å². The first-order chi connectivity index (χ1) is 10.6. The Bertz CT molecular complexity index is 645. The Labute approximate surface area is 130 Å². The van der Waals surface area contributed by atoms with Crippen LogP contribution in [0.2, 0.25) is 0 Å². The molecule has 1 atom stereocenters. The number of rotatable bonds is 4. The van der Waals surface area contributed by atoms with E-state index < -0.39 is 0 Å². The summed E-state index contributed by atoms with van der Waals surface area (Å²) in [6.07, 6.45) is 2.50. The lowest BCUT2D eigenvalue weighted by Crippen LogP contribution is -2.45. The summed E-state index contributed by atoms with van der Waals surface area (Å²) in [5.41, 5.74) is 2.11. The van der Waals surface area contributed by atoms with Crippen LogP contribution in [0.5, 0.6) is 0 Å². The first-order valence-corrected chi connectivity index (χ1v) is 7.96. The normalized spacial score (nSPS) is 18.5. The fourth-order valence-electron chi connectivity index (χ4n) is 2.92. The molecule has 118 valence electrons. The average molecular weight is 301 g/mol. The van der Waals surface area contributed by atoms with Crippen molar-refractivity contribution >= 4 is 16.9 Å². The van der Waals surface area contributed by atoms with Crippen molar-refractivity contribution in [3.63, 3.8) is 0 Å². The lowest BCUT2D eigenvalue weighted by Gasteiger charge is -2.35. The summed E-state index contributed by atoms with van der Waals surface area (Å²) in [5, 5.41) is 13.6. The standard InChI is InChI=1S/C16H23N5O/c1-11-5-7-21(8-6-11)12(2)10-17-16(22)13-3-4-14-15(9-13)19-20-18-14/h3-4,9,11-12H,5-8,10H2,1-2H3,(H,17,22)(H,18,19,20)/t12-/m0/s1. The van der Waals surface area contributed by atoms with Gasteiger partial charge >= 0.3 is 0 Å². The SMILES string of the molecule is CC1CCN([C@@H](C)CNC(=O)c2ccc3n[nH]nc3c2)CC1. The van der Waals surface area contributed by atoms with Gasteiger partial charge in [0.25, 0.3) is 5.91 Å². The van der Waals surface area contributed by atoms with Crippen molar-refractivity contribution in [2.24, 2.45) is 5.92 Å². The van der Waals surface area contributed by atoms with E-state index in [1.165, 1.54) is 12.8 Å². The molecule has 2 aromatic rings. The van der Waals surface area contributed by atoms with Gasteiger partial charge in [-0.25, -0.2) is 0 Å². The number of nitrogens with zero attached hydrogens (tertiary/aromatic N) is 3. The second-order valence-electron chi connectivity index (χ2n) is 6.30. The van der Waals surface area contributed by atoms with Crippen molar-refractivity contribution in [3.8, 4) is 0 Å². The molecule has 1 amide bonds. The zero-order valence-corrected chi connectivity index (χ0v) is 13.2. The van der Waals surface area contributed by atoms with Gasteiger partial charge in [-0.1, -0.05) is 6.92 Å². The first-order valence-electron chi connectivity index (χ1n) is 7.96. The number of fused-ring (bicyclic) bond motifs is 1. The Morgan fingerprint density at radius 2 is 2.09 bits per heavy atom. The summed E-state index contributed by atoms with van der Waals surface area (Å²) in [5.74, 6) is 0.773. The Morgan fingerprint density at radius 1 is 1.36 bits per heavy atom. The van der Waals surface area contributed by atoms with Gasteiger partial charge in [0.15, 0.2) is 0 Å². The smallest absolute Gasteiger partial charge is 0.251 e. The maximum absolute atomic E-state index is 12.3. The molecule has 1 aliphatic rings. The Kier molecular flexibility index (Phi) is 4.38. The minimum absolute atomic E-state index is 0.0536. The van der Waals surface area contributed by atoms with Gasteiger partial charge in [-0.05, 0) is 57.0 Å². The molecule has 0 unspecified atom stereocenters. The third-order valence-electron chi connectivity index (χ3n) is 4.58. The lowest BCUT2D eigenvalue weighted by atomic mass is 9.98. The van der Waals surface area contributed by atoms with Gasteiger partial charge < -0.3 is 5.32 Å². The molecule has 1 aromatic heterocycles. The third kappa shape index (κ3) is 3.27. The van der Waals surface area contributed by atoms with Crippen LogP contribution in [-0.4, -0.2) is 51.9 Å². The molecule has 6 heteroatoms. The van der Waals surface area contributed by atoms with E-state index in [9.17, 15) is 4.79 Å². The second kappa shape index (κ2) is 6.44. The van der Waals surface area contributed by atoms with Gasteiger partial charge in [-0.3, -0.25) is 9.69 Å². The van der Waals surface area contributed by atoms with Gasteiger partial charge in [0.1, 0.15) is 11.0 Å². The number of hydrogen-bond donors (Lipinski definition) is 2. The van der Waals surface area contributed by atoms with Crippen LogP contribution in [0.3, 0.4) is 0 Å². The molecule has 2 N–H and O–H groups in total. The summed E-state index contributed by atoms with van der Waals surface area (Å²) in [7, 11) is 0.